The number of hydrogen-bond donors (Lipinski definition) is 1. The molecule has 33 heavy (non-hydrogen) atoms. The first-order valence-corrected chi connectivity index (χ1v) is 10.6. The van der Waals surface area contributed by atoms with E-state index in [0.717, 1.165) is 5.56 Å². The van der Waals surface area contributed by atoms with Gasteiger partial charge in [-0.3, -0.25) is 4.79 Å². The minimum absolute atomic E-state index is 0.282. The monoisotopic (exact) mass is 463 g/mol. The van der Waals surface area contributed by atoms with Crippen molar-refractivity contribution < 1.29 is 18.8 Å². The zero-order valence-corrected chi connectivity index (χ0v) is 18.9. The number of amides is 1. The predicted molar refractivity (Wildman–Crippen MR) is 125 cm³/mol. The van der Waals surface area contributed by atoms with Gasteiger partial charge in [-0.1, -0.05) is 59.2 Å². The van der Waals surface area contributed by atoms with Gasteiger partial charge in [0.25, 0.3) is 5.91 Å². The third kappa shape index (κ3) is 5.15. The highest BCUT2D eigenvalue weighted by atomic mass is 35.5. The Balaban J connectivity index is 1.64. The fourth-order valence-corrected chi connectivity index (χ4v) is 3.62. The van der Waals surface area contributed by atoms with Crippen LogP contribution in [0.15, 0.2) is 77.3 Å². The van der Waals surface area contributed by atoms with Gasteiger partial charge in [-0.05, 0) is 35.9 Å². The Kier molecular flexibility index (Phi) is 6.90. The Bertz CT molecular complexity index is 1240. The standard InChI is InChI=1S/C25H22ClN3O4/c1-31-21-13-12-17(15-22(21)32-2)23-28-25(33-29-23)20(14-16-8-4-3-5-9-16)27-24(30)18-10-6-7-11-19(18)26/h3-13,15,20H,14H2,1-2H3,(H,27,30). The molecule has 1 unspecified atom stereocenters. The molecule has 8 heteroatoms. The fraction of sp³-hybridized carbons (Fsp3) is 0.160. The summed E-state index contributed by atoms with van der Waals surface area (Å²) in [4.78, 5) is 17.5. The lowest BCUT2D eigenvalue weighted by molar-refractivity contribution is 0.0928. The molecule has 1 atom stereocenters. The van der Waals surface area contributed by atoms with Gasteiger partial charge in [0.15, 0.2) is 11.5 Å². The van der Waals surface area contributed by atoms with Gasteiger partial charge in [-0.15, -0.1) is 0 Å². The summed E-state index contributed by atoms with van der Waals surface area (Å²) in [6, 6.07) is 21.4. The van der Waals surface area contributed by atoms with Gasteiger partial charge in [0, 0.05) is 12.0 Å². The van der Waals surface area contributed by atoms with Crippen LogP contribution in [0.3, 0.4) is 0 Å². The summed E-state index contributed by atoms with van der Waals surface area (Å²) in [5.74, 6) is 1.47. The maximum atomic E-state index is 13.0. The van der Waals surface area contributed by atoms with Crippen LogP contribution in [0.5, 0.6) is 11.5 Å². The van der Waals surface area contributed by atoms with Crippen molar-refractivity contribution in [2.24, 2.45) is 0 Å². The fourth-order valence-electron chi connectivity index (χ4n) is 3.40. The number of benzene rings is 3. The number of ether oxygens (including phenoxy) is 2. The van der Waals surface area contributed by atoms with Gasteiger partial charge in [0.05, 0.1) is 24.8 Å². The molecule has 0 aliphatic rings. The average Bonchev–Trinajstić information content (AvgIpc) is 3.34. The maximum Gasteiger partial charge on any atom is 0.253 e. The highest BCUT2D eigenvalue weighted by Crippen LogP contribution is 2.32. The van der Waals surface area contributed by atoms with Gasteiger partial charge in [0.1, 0.15) is 6.04 Å². The SMILES string of the molecule is COc1ccc(-c2noc(C(Cc3ccccc3)NC(=O)c3ccccc3Cl)n2)cc1OC. The van der Waals surface area contributed by atoms with E-state index in [9.17, 15) is 4.79 Å². The van der Waals surface area contributed by atoms with E-state index in [1.807, 2.05) is 36.4 Å². The van der Waals surface area contributed by atoms with Gasteiger partial charge in [-0.2, -0.15) is 4.98 Å². The molecule has 1 heterocycles. The van der Waals surface area contributed by atoms with Crippen molar-refractivity contribution in [3.05, 3.63) is 94.8 Å². The molecule has 4 rings (SSSR count). The predicted octanol–water partition coefficient (Wildman–Crippen LogP) is 5.12. The Morgan fingerprint density at radius 1 is 1.00 bits per heavy atom. The van der Waals surface area contributed by atoms with Crippen molar-refractivity contribution in [1.29, 1.82) is 0 Å². The Labute approximate surface area is 196 Å². The summed E-state index contributed by atoms with van der Waals surface area (Å²) in [7, 11) is 3.13. The summed E-state index contributed by atoms with van der Waals surface area (Å²) in [6.45, 7) is 0. The van der Waals surface area contributed by atoms with Crippen molar-refractivity contribution in [3.63, 3.8) is 0 Å². The van der Waals surface area contributed by atoms with Gasteiger partial charge in [-0.25, -0.2) is 0 Å². The maximum absolute atomic E-state index is 13.0. The van der Waals surface area contributed by atoms with Crippen LogP contribution in [-0.4, -0.2) is 30.3 Å². The molecule has 0 saturated carbocycles. The van der Waals surface area contributed by atoms with Crippen molar-refractivity contribution in [2.75, 3.05) is 14.2 Å². The number of carbonyl (C=O) groups excluding carboxylic acids is 1. The second-order valence-electron chi connectivity index (χ2n) is 7.22. The van der Waals surface area contributed by atoms with Crippen LogP contribution in [0.4, 0.5) is 0 Å². The number of aromatic nitrogens is 2. The molecule has 0 saturated heterocycles. The minimum Gasteiger partial charge on any atom is -0.493 e. The lowest BCUT2D eigenvalue weighted by Gasteiger charge is -2.16. The summed E-state index contributed by atoms with van der Waals surface area (Å²) < 4.78 is 16.2. The van der Waals surface area contributed by atoms with Gasteiger partial charge < -0.3 is 19.3 Å². The molecule has 0 fully saturated rings. The van der Waals surface area contributed by atoms with Crippen LogP contribution < -0.4 is 14.8 Å². The normalized spacial score (nSPS) is 11.6. The third-order valence-corrected chi connectivity index (χ3v) is 5.42. The molecule has 168 valence electrons. The van der Waals surface area contributed by atoms with Crippen molar-refractivity contribution in [3.8, 4) is 22.9 Å². The van der Waals surface area contributed by atoms with E-state index in [0.29, 0.717) is 39.9 Å². The molecule has 0 radical (unpaired) electrons. The van der Waals surface area contributed by atoms with Gasteiger partial charge in [0.2, 0.25) is 11.7 Å². The van der Waals surface area contributed by atoms with Crippen LogP contribution in [-0.2, 0) is 6.42 Å². The molecule has 0 aliphatic heterocycles. The number of methoxy groups -OCH3 is 2. The molecular weight excluding hydrogens is 442 g/mol. The summed E-state index contributed by atoms with van der Waals surface area (Å²) in [5.41, 5.74) is 2.07. The summed E-state index contributed by atoms with van der Waals surface area (Å²) in [6.07, 6.45) is 0.463. The van der Waals surface area contributed by atoms with E-state index >= 15 is 0 Å². The molecule has 7 nitrogen and oxygen atoms in total. The second-order valence-corrected chi connectivity index (χ2v) is 7.63. The molecule has 0 spiro atoms. The Morgan fingerprint density at radius 3 is 2.45 bits per heavy atom. The van der Waals surface area contributed by atoms with Gasteiger partial charge >= 0.3 is 0 Å². The van der Waals surface area contributed by atoms with E-state index in [1.54, 1.807) is 50.6 Å². The van der Waals surface area contributed by atoms with Crippen LogP contribution in [0.2, 0.25) is 5.02 Å². The molecule has 3 aromatic carbocycles. The average molecular weight is 464 g/mol. The lowest BCUT2D eigenvalue weighted by atomic mass is 10.1. The quantitative estimate of drug-likeness (QED) is 0.390. The van der Waals surface area contributed by atoms with E-state index in [-0.39, 0.29) is 11.8 Å². The summed E-state index contributed by atoms with van der Waals surface area (Å²) in [5, 5.41) is 7.46. The molecule has 1 aromatic heterocycles. The van der Waals surface area contributed by atoms with Crippen molar-refractivity contribution >= 4 is 17.5 Å². The number of nitrogens with one attached hydrogen (secondary N) is 1. The number of halogens is 1. The third-order valence-electron chi connectivity index (χ3n) is 5.09. The van der Waals surface area contributed by atoms with E-state index in [2.05, 4.69) is 15.5 Å². The molecule has 1 N–H and O–H groups in total. The van der Waals surface area contributed by atoms with Crippen LogP contribution in [0.1, 0.15) is 27.9 Å². The number of rotatable bonds is 8. The number of nitrogens with zero attached hydrogens (tertiary/aromatic N) is 2. The molecule has 0 aliphatic carbocycles. The zero-order valence-electron chi connectivity index (χ0n) is 18.1. The first kappa shape index (κ1) is 22.4. The topological polar surface area (TPSA) is 86.5 Å². The number of carbonyl (C=O) groups is 1. The largest absolute Gasteiger partial charge is 0.493 e. The zero-order chi connectivity index (χ0) is 23.2. The van der Waals surface area contributed by atoms with Crippen LogP contribution in [0, 0.1) is 0 Å². The highest BCUT2D eigenvalue weighted by molar-refractivity contribution is 6.33. The highest BCUT2D eigenvalue weighted by Gasteiger charge is 2.24. The second kappa shape index (κ2) is 10.2. The van der Waals surface area contributed by atoms with Crippen molar-refractivity contribution in [2.45, 2.75) is 12.5 Å². The molecule has 1 amide bonds. The van der Waals surface area contributed by atoms with E-state index in [1.165, 1.54) is 0 Å². The van der Waals surface area contributed by atoms with Crippen molar-refractivity contribution in [1.82, 2.24) is 15.5 Å². The lowest BCUT2D eigenvalue weighted by Crippen LogP contribution is -2.30. The van der Waals surface area contributed by atoms with E-state index in [4.69, 9.17) is 25.6 Å². The first-order chi connectivity index (χ1) is 16.1. The smallest absolute Gasteiger partial charge is 0.253 e. The van der Waals surface area contributed by atoms with E-state index < -0.39 is 6.04 Å². The Morgan fingerprint density at radius 2 is 1.73 bits per heavy atom. The first-order valence-electron chi connectivity index (χ1n) is 10.2. The van der Waals surface area contributed by atoms with Crippen LogP contribution >= 0.6 is 11.6 Å². The number of hydrogen-bond acceptors (Lipinski definition) is 6. The van der Waals surface area contributed by atoms with Crippen LogP contribution in [0.25, 0.3) is 11.4 Å². The Hall–Kier alpha value is -3.84. The molecular formula is C25H22ClN3O4. The minimum atomic E-state index is -0.558. The molecule has 4 aromatic rings. The molecule has 0 bridgehead atoms. The summed E-state index contributed by atoms with van der Waals surface area (Å²) >= 11 is 6.21.